The van der Waals surface area contributed by atoms with E-state index in [0.29, 0.717) is 27.6 Å². The molecular formula is C25H20ClN7. The van der Waals surface area contributed by atoms with Crippen molar-refractivity contribution in [1.29, 1.82) is 0 Å². The van der Waals surface area contributed by atoms with Gasteiger partial charge in [0.25, 0.3) is 0 Å². The number of benzene rings is 2. The van der Waals surface area contributed by atoms with E-state index in [-0.39, 0.29) is 6.04 Å². The summed E-state index contributed by atoms with van der Waals surface area (Å²) in [5, 5.41) is 11.3. The van der Waals surface area contributed by atoms with Gasteiger partial charge in [0.15, 0.2) is 5.65 Å². The average Bonchev–Trinajstić information content (AvgIpc) is 3.20. The third-order valence-electron chi connectivity index (χ3n) is 5.24. The summed E-state index contributed by atoms with van der Waals surface area (Å²) < 4.78 is 1.82. The van der Waals surface area contributed by atoms with Gasteiger partial charge in [0, 0.05) is 39.3 Å². The summed E-state index contributed by atoms with van der Waals surface area (Å²) in [5.74, 6) is 7.56. The third kappa shape index (κ3) is 3.93. The zero-order chi connectivity index (χ0) is 22.9. The number of pyridine rings is 1. The largest absolute Gasteiger partial charge is 0.383 e. The maximum Gasteiger partial charge on any atom is 0.164 e. The number of hydrogen-bond donors (Lipinski definition) is 2. The van der Waals surface area contributed by atoms with Crippen LogP contribution in [0.1, 0.15) is 31.1 Å². The second-order valence-corrected chi connectivity index (χ2v) is 8.22. The Labute approximate surface area is 195 Å². The van der Waals surface area contributed by atoms with Gasteiger partial charge in [-0.05, 0) is 56.2 Å². The Morgan fingerprint density at radius 1 is 0.970 bits per heavy atom. The van der Waals surface area contributed by atoms with Crippen molar-refractivity contribution in [2.45, 2.75) is 19.9 Å². The van der Waals surface area contributed by atoms with Crippen molar-refractivity contribution in [1.82, 2.24) is 24.7 Å². The Kier molecular flexibility index (Phi) is 5.29. The van der Waals surface area contributed by atoms with Crippen LogP contribution in [0.3, 0.4) is 0 Å². The summed E-state index contributed by atoms with van der Waals surface area (Å²) in [6.45, 7) is 4.07. The smallest absolute Gasteiger partial charge is 0.164 e. The highest BCUT2D eigenvalue weighted by Gasteiger charge is 2.15. The van der Waals surface area contributed by atoms with Gasteiger partial charge in [-0.25, -0.2) is 19.6 Å². The second-order valence-electron chi connectivity index (χ2n) is 7.79. The van der Waals surface area contributed by atoms with Crippen LogP contribution in [0.2, 0.25) is 5.02 Å². The van der Waals surface area contributed by atoms with Crippen LogP contribution in [0.5, 0.6) is 0 Å². The maximum absolute atomic E-state index is 6.14. The lowest BCUT2D eigenvalue weighted by Gasteiger charge is -2.09. The topological polar surface area (TPSA) is 94.5 Å². The Bertz CT molecular complexity index is 1540. The summed E-state index contributed by atoms with van der Waals surface area (Å²) >= 11 is 6.00. The fourth-order valence-corrected chi connectivity index (χ4v) is 3.78. The molecule has 0 unspecified atom stereocenters. The van der Waals surface area contributed by atoms with Crippen LogP contribution in [0, 0.1) is 11.8 Å². The van der Waals surface area contributed by atoms with Gasteiger partial charge in [0.2, 0.25) is 0 Å². The number of halogens is 1. The molecule has 0 atom stereocenters. The number of nitrogens with zero attached hydrogens (tertiary/aromatic N) is 5. The number of hydrogen-bond acceptors (Lipinski definition) is 6. The standard InChI is InChI=1S/C25H20ClN7/c1-15(2)33-25-22(23(27)29-14-30-25)21(32-33)11-6-16-4-3-5-20-19(16)12-13-28-24(20)31-18-9-7-17(26)8-10-18/h3-5,7-10,12-15H,1-2H3,(H,28,31)(H2,27,29,30). The Morgan fingerprint density at radius 3 is 2.58 bits per heavy atom. The van der Waals surface area contributed by atoms with Crippen LogP contribution in [0.15, 0.2) is 61.1 Å². The molecule has 8 heteroatoms. The normalized spacial score (nSPS) is 11.0. The number of fused-ring (bicyclic) bond motifs is 2. The minimum Gasteiger partial charge on any atom is -0.383 e. The highest BCUT2D eigenvalue weighted by Crippen LogP contribution is 2.28. The zero-order valence-electron chi connectivity index (χ0n) is 18.0. The number of anilines is 3. The van der Waals surface area contributed by atoms with Crippen LogP contribution in [-0.4, -0.2) is 24.7 Å². The summed E-state index contributed by atoms with van der Waals surface area (Å²) in [7, 11) is 0. The maximum atomic E-state index is 6.14. The fourth-order valence-electron chi connectivity index (χ4n) is 3.66. The fraction of sp³-hybridized carbons (Fsp3) is 0.120. The molecule has 2 aromatic carbocycles. The van der Waals surface area contributed by atoms with Gasteiger partial charge in [-0.1, -0.05) is 29.7 Å². The van der Waals surface area contributed by atoms with Gasteiger partial charge in [0.05, 0.1) is 5.39 Å². The molecule has 3 heterocycles. The number of rotatable bonds is 3. The monoisotopic (exact) mass is 453 g/mol. The molecule has 7 nitrogen and oxygen atoms in total. The van der Waals surface area contributed by atoms with Crippen LogP contribution in [-0.2, 0) is 0 Å². The first-order valence-corrected chi connectivity index (χ1v) is 10.8. The van der Waals surface area contributed by atoms with E-state index < -0.39 is 0 Å². The quantitative estimate of drug-likeness (QED) is 0.358. The van der Waals surface area contributed by atoms with E-state index >= 15 is 0 Å². The number of nitrogens with one attached hydrogen (secondary N) is 1. The van der Waals surface area contributed by atoms with Crippen LogP contribution < -0.4 is 11.1 Å². The van der Waals surface area contributed by atoms with Gasteiger partial charge < -0.3 is 11.1 Å². The van der Waals surface area contributed by atoms with Crippen molar-refractivity contribution in [2.24, 2.45) is 0 Å². The minimum absolute atomic E-state index is 0.113. The van der Waals surface area contributed by atoms with E-state index in [0.717, 1.165) is 27.8 Å². The van der Waals surface area contributed by atoms with E-state index in [1.165, 1.54) is 6.33 Å². The lowest BCUT2D eigenvalue weighted by molar-refractivity contribution is 0.545. The Hall–Kier alpha value is -4.15. The molecule has 162 valence electrons. The van der Waals surface area contributed by atoms with Crippen LogP contribution in [0.25, 0.3) is 21.8 Å². The second kappa shape index (κ2) is 8.41. The molecule has 0 aliphatic carbocycles. The first-order chi connectivity index (χ1) is 16.0. The van der Waals surface area contributed by atoms with Crippen molar-refractivity contribution in [3.05, 3.63) is 77.3 Å². The van der Waals surface area contributed by atoms with E-state index in [2.05, 4.69) is 37.2 Å². The van der Waals surface area contributed by atoms with Gasteiger partial charge in [-0.3, -0.25) is 0 Å². The highest BCUT2D eigenvalue weighted by molar-refractivity contribution is 6.30. The molecule has 33 heavy (non-hydrogen) atoms. The Balaban J connectivity index is 1.59. The predicted octanol–water partition coefficient (Wildman–Crippen LogP) is 5.33. The lowest BCUT2D eigenvalue weighted by atomic mass is 10.1. The molecule has 0 aliphatic heterocycles. The predicted molar refractivity (Wildman–Crippen MR) is 133 cm³/mol. The molecular weight excluding hydrogens is 434 g/mol. The van der Waals surface area contributed by atoms with E-state index in [1.807, 2.05) is 67.1 Å². The Morgan fingerprint density at radius 2 is 1.79 bits per heavy atom. The minimum atomic E-state index is 0.113. The van der Waals surface area contributed by atoms with Crippen molar-refractivity contribution in [3.63, 3.8) is 0 Å². The molecule has 3 aromatic heterocycles. The molecule has 0 spiro atoms. The molecule has 0 radical (unpaired) electrons. The first kappa shape index (κ1) is 20.7. The molecule has 0 fully saturated rings. The molecule has 0 aliphatic rings. The van der Waals surface area contributed by atoms with Gasteiger partial charge in [-0.15, -0.1) is 0 Å². The number of nitrogen functional groups attached to an aromatic ring is 1. The highest BCUT2D eigenvalue weighted by atomic mass is 35.5. The molecule has 5 rings (SSSR count). The first-order valence-electron chi connectivity index (χ1n) is 10.4. The molecule has 5 aromatic rings. The summed E-state index contributed by atoms with van der Waals surface area (Å²) in [6, 6.07) is 15.5. The number of nitrogens with two attached hydrogens (primary N) is 1. The van der Waals surface area contributed by atoms with Gasteiger partial charge in [-0.2, -0.15) is 5.10 Å². The summed E-state index contributed by atoms with van der Waals surface area (Å²) in [5.41, 5.74) is 9.13. The molecule has 0 bridgehead atoms. The summed E-state index contributed by atoms with van der Waals surface area (Å²) in [6.07, 6.45) is 3.21. The van der Waals surface area contributed by atoms with E-state index in [4.69, 9.17) is 17.3 Å². The van der Waals surface area contributed by atoms with Crippen molar-refractivity contribution < 1.29 is 0 Å². The molecule has 0 saturated heterocycles. The van der Waals surface area contributed by atoms with E-state index in [9.17, 15) is 0 Å². The molecule has 3 N–H and O–H groups in total. The molecule has 0 saturated carbocycles. The summed E-state index contributed by atoms with van der Waals surface area (Å²) in [4.78, 5) is 13.0. The van der Waals surface area contributed by atoms with Gasteiger partial charge in [0.1, 0.15) is 23.7 Å². The van der Waals surface area contributed by atoms with E-state index in [1.54, 1.807) is 6.20 Å². The third-order valence-corrected chi connectivity index (χ3v) is 5.49. The van der Waals surface area contributed by atoms with Crippen LogP contribution >= 0.6 is 11.6 Å². The van der Waals surface area contributed by atoms with Gasteiger partial charge >= 0.3 is 0 Å². The SMILES string of the molecule is CC(C)n1nc(C#Cc2cccc3c(Nc4ccc(Cl)cc4)nccc23)c2c(N)ncnc21. The lowest BCUT2D eigenvalue weighted by Crippen LogP contribution is -2.04. The average molecular weight is 454 g/mol. The van der Waals surface area contributed by atoms with Crippen molar-refractivity contribution in [3.8, 4) is 11.8 Å². The van der Waals surface area contributed by atoms with Crippen molar-refractivity contribution in [2.75, 3.05) is 11.1 Å². The van der Waals surface area contributed by atoms with Crippen LogP contribution in [0.4, 0.5) is 17.3 Å². The van der Waals surface area contributed by atoms with Crippen molar-refractivity contribution >= 4 is 50.7 Å². The number of aromatic nitrogens is 5. The molecule has 0 amide bonds. The zero-order valence-corrected chi connectivity index (χ0v) is 18.8.